The molecule has 0 aromatic rings. The Hall–Kier alpha value is -1.15. The van der Waals surface area contributed by atoms with Gasteiger partial charge in [-0.3, -0.25) is 9.59 Å². The average molecular weight is 317 g/mol. The van der Waals surface area contributed by atoms with E-state index in [4.69, 9.17) is 0 Å². The van der Waals surface area contributed by atoms with Crippen molar-refractivity contribution in [2.45, 2.75) is 32.2 Å². The molecule has 0 aromatic carbocycles. The van der Waals surface area contributed by atoms with Crippen molar-refractivity contribution in [1.82, 2.24) is 14.5 Å². The smallest absolute Gasteiger partial charge is 0.245 e. The molecule has 2 aliphatic heterocycles. The number of carbonyl (C=O) groups excluding carboxylic acids is 2. The second-order valence-corrected chi connectivity index (χ2v) is 8.25. The van der Waals surface area contributed by atoms with Crippen LogP contribution in [-0.4, -0.2) is 67.4 Å². The topological polar surface area (TPSA) is 86.8 Å². The van der Waals surface area contributed by atoms with E-state index in [0.29, 0.717) is 32.5 Å². The second kappa shape index (κ2) is 5.57. The zero-order valence-electron chi connectivity index (χ0n) is 12.8. The lowest BCUT2D eigenvalue weighted by molar-refractivity contribution is -0.152. The lowest BCUT2D eigenvalue weighted by Gasteiger charge is -2.43. The maximum atomic E-state index is 12.7. The number of sulfonamides is 1. The van der Waals surface area contributed by atoms with Crippen molar-refractivity contribution in [3.63, 3.8) is 0 Å². The van der Waals surface area contributed by atoms with Gasteiger partial charge in [0, 0.05) is 26.2 Å². The fourth-order valence-electron chi connectivity index (χ4n) is 2.95. The number of nitrogens with one attached hydrogen (secondary N) is 1. The van der Waals surface area contributed by atoms with Crippen molar-refractivity contribution in [2.75, 3.05) is 32.4 Å². The highest BCUT2D eigenvalue weighted by molar-refractivity contribution is 7.88. The number of nitrogens with zero attached hydrogens (tertiary/aromatic N) is 2. The minimum atomic E-state index is -3.28. The number of hydrogen-bond acceptors (Lipinski definition) is 4. The number of hydrogen-bond donors (Lipinski definition) is 1. The van der Waals surface area contributed by atoms with Crippen molar-refractivity contribution in [1.29, 1.82) is 0 Å². The molecule has 0 bridgehead atoms. The molecule has 1 N–H and O–H groups in total. The summed E-state index contributed by atoms with van der Waals surface area (Å²) in [4.78, 5) is 26.2. The van der Waals surface area contributed by atoms with E-state index in [0.717, 1.165) is 6.26 Å². The Morgan fingerprint density at radius 1 is 1.33 bits per heavy atom. The SMILES string of the molecule is CC1(C)C(=O)NCCN1C(=O)C1CCCN(S(C)(=O)=O)C1. The van der Waals surface area contributed by atoms with Crippen LogP contribution in [0.15, 0.2) is 0 Å². The molecule has 1 unspecified atom stereocenters. The summed E-state index contributed by atoms with van der Waals surface area (Å²) < 4.78 is 24.7. The molecule has 2 aliphatic rings. The van der Waals surface area contributed by atoms with Gasteiger partial charge in [0.25, 0.3) is 0 Å². The Balaban J connectivity index is 2.14. The summed E-state index contributed by atoms with van der Waals surface area (Å²) >= 11 is 0. The van der Waals surface area contributed by atoms with Crippen LogP contribution < -0.4 is 5.32 Å². The van der Waals surface area contributed by atoms with E-state index >= 15 is 0 Å². The fraction of sp³-hybridized carbons (Fsp3) is 0.846. The summed E-state index contributed by atoms with van der Waals surface area (Å²) in [6, 6.07) is 0. The molecule has 0 spiro atoms. The van der Waals surface area contributed by atoms with Crippen LogP contribution in [0, 0.1) is 5.92 Å². The van der Waals surface area contributed by atoms with Crippen LogP contribution >= 0.6 is 0 Å². The Kier molecular flexibility index (Phi) is 4.30. The third kappa shape index (κ3) is 3.21. The first-order chi connectivity index (χ1) is 9.64. The summed E-state index contributed by atoms with van der Waals surface area (Å²) in [6.45, 7) is 5.02. The molecule has 2 saturated heterocycles. The Bertz CT molecular complexity index is 544. The largest absolute Gasteiger partial charge is 0.352 e. The minimum Gasteiger partial charge on any atom is -0.352 e. The molecule has 2 heterocycles. The fourth-order valence-corrected chi connectivity index (χ4v) is 3.86. The molecule has 0 aliphatic carbocycles. The van der Waals surface area contributed by atoms with Crippen LogP contribution in [0.1, 0.15) is 26.7 Å². The molecule has 7 nitrogen and oxygen atoms in total. The van der Waals surface area contributed by atoms with Crippen molar-refractivity contribution in [3.8, 4) is 0 Å². The summed E-state index contributed by atoms with van der Waals surface area (Å²) in [5.41, 5.74) is -0.886. The molecule has 21 heavy (non-hydrogen) atoms. The van der Waals surface area contributed by atoms with E-state index in [-0.39, 0.29) is 24.3 Å². The molecule has 2 rings (SSSR count). The van der Waals surface area contributed by atoms with E-state index in [9.17, 15) is 18.0 Å². The number of amides is 2. The molecule has 0 aromatic heterocycles. The number of rotatable bonds is 2. The molecule has 120 valence electrons. The molecular formula is C13H23N3O4S. The predicted molar refractivity (Wildman–Crippen MR) is 77.9 cm³/mol. The third-order valence-electron chi connectivity index (χ3n) is 4.32. The van der Waals surface area contributed by atoms with Crippen molar-refractivity contribution >= 4 is 21.8 Å². The van der Waals surface area contributed by atoms with Crippen LogP contribution in [-0.2, 0) is 19.6 Å². The van der Waals surface area contributed by atoms with E-state index in [2.05, 4.69) is 5.32 Å². The van der Waals surface area contributed by atoms with Crippen LogP contribution in [0.3, 0.4) is 0 Å². The zero-order valence-corrected chi connectivity index (χ0v) is 13.6. The number of carbonyl (C=O) groups is 2. The van der Waals surface area contributed by atoms with Gasteiger partial charge < -0.3 is 10.2 Å². The van der Waals surface area contributed by atoms with E-state index < -0.39 is 15.6 Å². The van der Waals surface area contributed by atoms with Gasteiger partial charge in [0.2, 0.25) is 21.8 Å². The molecule has 0 radical (unpaired) electrons. The molecule has 0 saturated carbocycles. The van der Waals surface area contributed by atoms with Gasteiger partial charge in [-0.2, -0.15) is 0 Å². The zero-order chi connectivity index (χ0) is 15.8. The van der Waals surface area contributed by atoms with Gasteiger partial charge in [0.1, 0.15) is 5.54 Å². The first kappa shape index (κ1) is 16.2. The lowest BCUT2D eigenvalue weighted by atomic mass is 9.92. The van der Waals surface area contributed by atoms with E-state index in [1.807, 2.05) is 0 Å². The normalized spacial score (nSPS) is 27.3. The Labute approximate surface area is 125 Å². The second-order valence-electron chi connectivity index (χ2n) is 6.26. The highest BCUT2D eigenvalue weighted by Crippen LogP contribution is 2.25. The number of piperazine rings is 1. The summed E-state index contributed by atoms with van der Waals surface area (Å²) in [5.74, 6) is -0.653. The van der Waals surface area contributed by atoms with Gasteiger partial charge in [-0.05, 0) is 26.7 Å². The predicted octanol–water partition coefficient (Wildman–Crippen LogP) is -0.605. The average Bonchev–Trinajstić information content (AvgIpc) is 2.40. The Morgan fingerprint density at radius 2 is 2.00 bits per heavy atom. The number of piperidine rings is 1. The highest BCUT2D eigenvalue weighted by Gasteiger charge is 2.43. The van der Waals surface area contributed by atoms with Gasteiger partial charge in [-0.1, -0.05) is 0 Å². The molecule has 2 fully saturated rings. The van der Waals surface area contributed by atoms with Crippen LogP contribution in [0.4, 0.5) is 0 Å². The monoisotopic (exact) mass is 317 g/mol. The summed E-state index contributed by atoms with van der Waals surface area (Å²) in [7, 11) is -3.28. The van der Waals surface area contributed by atoms with Gasteiger partial charge in [0.15, 0.2) is 0 Å². The highest BCUT2D eigenvalue weighted by atomic mass is 32.2. The molecule has 1 atom stereocenters. The first-order valence-corrected chi connectivity index (χ1v) is 9.04. The van der Waals surface area contributed by atoms with Crippen molar-refractivity contribution in [2.24, 2.45) is 5.92 Å². The third-order valence-corrected chi connectivity index (χ3v) is 5.59. The summed E-state index contributed by atoms with van der Waals surface area (Å²) in [6.07, 6.45) is 2.50. The van der Waals surface area contributed by atoms with Crippen LogP contribution in [0.5, 0.6) is 0 Å². The standard InChI is InChI=1S/C13H23N3O4S/c1-13(2)12(18)14-6-8-16(13)11(17)10-5-4-7-15(9-10)21(3,19)20/h10H,4-9H2,1-3H3,(H,14,18). The van der Waals surface area contributed by atoms with Gasteiger partial charge in [0.05, 0.1) is 12.2 Å². The maximum absolute atomic E-state index is 12.7. The van der Waals surface area contributed by atoms with Crippen molar-refractivity contribution < 1.29 is 18.0 Å². The van der Waals surface area contributed by atoms with Crippen LogP contribution in [0.25, 0.3) is 0 Å². The first-order valence-electron chi connectivity index (χ1n) is 7.19. The summed E-state index contributed by atoms with van der Waals surface area (Å²) in [5, 5.41) is 2.75. The van der Waals surface area contributed by atoms with Crippen molar-refractivity contribution in [3.05, 3.63) is 0 Å². The van der Waals surface area contributed by atoms with Gasteiger partial charge >= 0.3 is 0 Å². The van der Waals surface area contributed by atoms with Gasteiger partial charge in [-0.25, -0.2) is 12.7 Å². The molecular weight excluding hydrogens is 294 g/mol. The molecule has 8 heteroatoms. The minimum absolute atomic E-state index is 0.122. The van der Waals surface area contributed by atoms with E-state index in [1.54, 1.807) is 18.7 Å². The lowest BCUT2D eigenvalue weighted by Crippen LogP contribution is -2.65. The Morgan fingerprint density at radius 3 is 2.62 bits per heavy atom. The molecule has 2 amide bonds. The van der Waals surface area contributed by atoms with E-state index in [1.165, 1.54) is 4.31 Å². The van der Waals surface area contributed by atoms with Crippen LogP contribution in [0.2, 0.25) is 0 Å². The van der Waals surface area contributed by atoms with Gasteiger partial charge in [-0.15, -0.1) is 0 Å². The maximum Gasteiger partial charge on any atom is 0.245 e. The quantitative estimate of drug-likeness (QED) is 0.736.